The summed E-state index contributed by atoms with van der Waals surface area (Å²) in [6.45, 7) is 0.386. The molecule has 0 saturated carbocycles. The van der Waals surface area contributed by atoms with E-state index >= 15 is 0 Å². The van der Waals surface area contributed by atoms with Gasteiger partial charge in [-0.1, -0.05) is 0 Å². The topological polar surface area (TPSA) is 59.8 Å². The standard InChI is InChI=1S/C17H14F2N4O/c18-13-2-4-15(5-3-13)23-10-8-14(22-23)7-9-20-17(24)12-1-6-16(19)21-11-12/h1-6,8,10-11H,7,9H2,(H,20,24). The molecule has 0 radical (unpaired) electrons. The zero-order valence-corrected chi connectivity index (χ0v) is 12.6. The average molecular weight is 328 g/mol. The van der Waals surface area contributed by atoms with Crippen LogP contribution in [0, 0.1) is 11.8 Å². The number of hydrogen-bond acceptors (Lipinski definition) is 3. The highest BCUT2D eigenvalue weighted by Crippen LogP contribution is 2.09. The zero-order valence-electron chi connectivity index (χ0n) is 12.6. The maximum absolute atomic E-state index is 12.9. The third-order valence-corrected chi connectivity index (χ3v) is 3.39. The number of carbonyl (C=O) groups is 1. The maximum Gasteiger partial charge on any atom is 0.252 e. The lowest BCUT2D eigenvalue weighted by Crippen LogP contribution is -2.26. The number of halogens is 2. The highest BCUT2D eigenvalue weighted by molar-refractivity contribution is 5.93. The highest BCUT2D eigenvalue weighted by Gasteiger charge is 2.07. The Kier molecular flexibility index (Phi) is 4.60. The zero-order chi connectivity index (χ0) is 16.9. The molecule has 0 aliphatic carbocycles. The minimum absolute atomic E-state index is 0.299. The molecule has 1 aromatic carbocycles. The number of aromatic nitrogens is 3. The van der Waals surface area contributed by atoms with Gasteiger partial charge in [0.1, 0.15) is 5.82 Å². The predicted molar refractivity (Wildman–Crippen MR) is 83.8 cm³/mol. The van der Waals surface area contributed by atoms with Crippen LogP contribution in [0.4, 0.5) is 8.78 Å². The molecule has 1 N–H and O–H groups in total. The Balaban J connectivity index is 1.55. The van der Waals surface area contributed by atoms with Gasteiger partial charge in [-0.25, -0.2) is 14.1 Å². The molecule has 5 nitrogen and oxygen atoms in total. The van der Waals surface area contributed by atoms with Crippen LogP contribution in [0.2, 0.25) is 0 Å². The first kappa shape index (κ1) is 15.8. The lowest BCUT2D eigenvalue weighted by atomic mass is 10.2. The molecule has 24 heavy (non-hydrogen) atoms. The van der Waals surface area contributed by atoms with Gasteiger partial charge < -0.3 is 5.32 Å². The first-order chi connectivity index (χ1) is 11.6. The first-order valence-electron chi connectivity index (χ1n) is 7.32. The number of benzene rings is 1. The van der Waals surface area contributed by atoms with E-state index in [2.05, 4.69) is 15.4 Å². The Bertz CT molecular complexity index is 829. The fourth-order valence-corrected chi connectivity index (χ4v) is 2.15. The van der Waals surface area contributed by atoms with Crippen molar-refractivity contribution in [3.63, 3.8) is 0 Å². The van der Waals surface area contributed by atoms with Gasteiger partial charge in [0.25, 0.3) is 5.91 Å². The number of pyridine rings is 1. The van der Waals surface area contributed by atoms with Gasteiger partial charge in [-0.2, -0.15) is 9.49 Å². The monoisotopic (exact) mass is 328 g/mol. The summed E-state index contributed by atoms with van der Waals surface area (Å²) in [4.78, 5) is 15.3. The number of nitrogens with zero attached hydrogens (tertiary/aromatic N) is 3. The summed E-state index contributed by atoms with van der Waals surface area (Å²) in [5, 5.41) is 7.10. The summed E-state index contributed by atoms with van der Waals surface area (Å²) >= 11 is 0. The van der Waals surface area contributed by atoms with Gasteiger partial charge >= 0.3 is 0 Å². The van der Waals surface area contributed by atoms with E-state index in [9.17, 15) is 13.6 Å². The predicted octanol–water partition coefficient (Wildman–Crippen LogP) is 2.52. The lowest BCUT2D eigenvalue weighted by molar-refractivity contribution is 0.0953. The summed E-state index contributed by atoms with van der Waals surface area (Å²) in [6, 6.07) is 10.3. The van der Waals surface area contributed by atoms with Crippen LogP contribution >= 0.6 is 0 Å². The Morgan fingerprint density at radius 1 is 1.08 bits per heavy atom. The van der Waals surface area contributed by atoms with Crippen LogP contribution in [0.15, 0.2) is 54.9 Å². The van der Waals surface area contributed by atoms with Crippen molar-refractivity contribution in [2.24, 2.45) is 0 Å². The molecule has 0 aliphatic heterocycles. The summed E-state index contributed by atoms with van der Waals surface area (Å²) < 4.78 is 27.3. The van der Waals surface area contributed by atoms with Crippen molar-refractivity contribution in [2.75, 3.05) is 6.54 Å². The van der Waals surface area contributed by atoms with E-state index in [0.29, 0.717) is 18.5 Å². The molecule has 0 saturated heterocycles. The second-order valence-corrected chi connectivity index (χ2v) is 5.10. The average Bonchev–Trinajstić information content (AvgIpc) is 3.05. The third kappa shape index (κ3) is 3.81. The lowest BCUT2D eigenvalue weighted by Gasteiger charge is -2.04. The molecular weight excluding hydrogens is 314 g/mol. The summed E-state index contributed by atoms with van der Waals surface area (Å²) in [5.41, 5.74) is 1.84. The van der Waals surface area contributed by atoms with Crippen LogP contribution in [0.1, 0.15) is 16.1 Å². The fourth-order valence-electron chi connectivity index (χ4n) is 2.15. The number of carbonyl (C=O) groups excluding carboxylic acids is 1. The molecule has 1 amide bonds. The van der Waals surface area contributed by atoms with E-state index < -0.39 is 5.95 Å². The van der Waals surface area contributed by atoms with Crippen LogP contribution in [-0.2, 0) is 6.42 Å². The SMILES string of the molecule is O=C(NCCc1ccn(-c2ccc(F)cc2)n1)c1ccc(F)nc1. The smallest absolute Gasteiger partial charge is 0.252 e. The molecule has 122 valence electrons. The molecule has 2 aromatic heterocycles. The Morgan fingerprint density at radius 2 is 1.88 bits per heavy atom. The van der Waals surface area contributed by atoms with E-state index in [1.54, 1.807) is 23.0 Å². The van der Waals surface area contributed by atoms with Gasteiger partial charge in [-0.05, 0) is 42.5 Å². The maximum atomic E-state index is 12.9. The minimum Gasteiger partial charge on any atom is -0.352 e. The van der Waals surface area contributed by atoms with Gasteiger partial charge in [0.2, 0.25) is 5.95 Å². The van der Waals surface area contributed by atoms with Crippen molar-refractivity contribution >= 4 is 5.91 Å². The van der Waals surface area contributed by atoms with Crippen LogP contribution in [0.5, 0.6) is 0 Å². The minimum atomic E-state index is -0.627. The molecule has 3 rings (SSSR count). The van der Waals surface area contributed by atoms with E-state index in [1.165, 1.54) is 24.4 Å². The van der Waals surface area contributed by atoms with Gasteiger partial charge in [-0.3, -0.25) is 4.79 Å². The van der Waals surface area contributed by atoms with Gasteiger partial charge in [0.05, 0.1) is 16.9 Å². The van der Waals surface area contributed by atoms with E-state index in [-0.39, 0.29) is 11.7 Å². The van der Waals surface area contributed by atoms with Crippen LogP contribution in [-0.4, -0.2) is 27.2 Å². The first-order valence-corrected chi connectivity index (χ1v) is 7.32. The summed E-state index contributed by atoms with van der Waals surface area (Å²) in [5.74, 6) is -1.25. The Hall–Kier alpha value is -3.09. The van der Waals surface area contributed by atoms with Crippen molar-refractivity contribution in [1.82, 2.24) is 20.1 Å². The molecule has 0 fully saturated rings. The molecule has 0 bridgehead atoms. The molecular formula is C17H14F2N4O. The number of rotatable bonds is 5. The van der Waals surface area contributed by atoms with Crippen molar-refractivity contribution in [3.05, 3.63) is 77.9 Å². The molecule has 0 spiro atoms. The number of hydrogen-bond donors (Lipinski definition) is 1. The van der Waals surface area contributed by atoms with Gasteiger partial charge in [0.15, 0.2) is 0 Å². The number of nitrogens with one attached hydrogen (secondary N) is 1. The third-order valence-electron chi connectivity index (χ3n) is 3.39. The van der Waals surface area contributed by atoms with Crippen molar-refractivity contribution in [1.29, 1.82) is 0 Å². The van der Waals surface area contributed by atoms with Crippen LogP contribution < -0.4 is 5.32 Å². The number of amides is 1. The van der Waals surface area contributed by atoms with Crippen molar-refractivity contribution < 1.29 is 13.6 Å². The summed E-state index contributed by atoms with van der Waals surface area (Å²) in [6.07, 6.45) is 3.50. The van der Waals surface area contributed by atoms with E-state index in [4.69, 9.17) is 0 Å². The quantitative estimate of drug-likeness (QED) is 0.732. The van der Waals surface area contributed by atoms with Gasteiger partial charge in [0, 0.05) is 25.4 Å². The van der Waals surface area contributed by atoms with E-state index in [1.807, 2.05) is 6.07 Å². The fraction of sp³-hybridized carbons (Fsp3) is 0.118. The normalized spacial score (nSPS) is 10.6. The second-order valence-electron chi connectivity index (χ2n) is 5.10. The summed E-state index contributed by atoms with van der Waals surface area (Å²) in [7, 11) is 0. The molecule has 7 heteroatoms. The van der Waals surface area contributed by atoms with Crippen molar-refractivity contribution in [2.45, 2.75) is 6.42 Å². The van der Waals surface area contributed by atoms with Crippen LogP contribution in [0.3, 0.4) is 0 Å². The largest absolute Gasteiger partial charge is 0.352 e. The second kappa shape index (κ2) is 6.99. The highest BCUT2D eigenvalue weighted by atomic mass is 19.1. The molecule has 0 aliphatic rings. The van der Waals surface area contributed by atoms with Crippen molar-refractivity contribution in [3.8, 4) is 5.69 Å². The molecule has 3 aromatic rings. The van der Waals surface area contributed by atoms with E-state index in [0.717, 1.165) is 17.4 Å². The van der Waals surface area contributed by atoms with Crippen LogP contribution in [0.25, 0.3) is 5.69 Å². The molecule has 0 atom stereocenters. The molecule has 2 heterocycles. The Labute approximate surface area is 137 Å². The molecule has 0 unspecified atom stereocenters. The Morgan fingerprint density at radius 3 is 2.58 bits per heavy atom. The van der Waals surface area contributed by atoms with Gasteiger partial charge in [-0.15, -0.1) is 0 Å².